The molecule has 0 spiro atoms. The Morgan fingerprint density at radius 3 is 2.20 bits per heavy atom. The number of carbonyl (C=O) groups is 1. The summed E-state index contributed by atoms with van der Waals surface area (Å²) in [6.45, 7) is 2.40. The Morgan fingerprint density at radius 1 is 1.47 bits per heavy atom. The van der Waals surface area contributed by atoms with E-state index in [0.717, 1.165) is 19.3 Å². The third-order valence-corrected chi connectivity index (χ3v) is 2.51. The molecule has 0 aromatic rings. The van der Waals surface area contributed by atoms with Crippen LogP contribution in [0.5, 0.6) is 0 Å². The second-order valence-corrected chi connectivity index (χ2v) is 4.18. The van der Waals surface area contributed by atoms with Crippen molar-refractivity contribution in [1.82, 2.24) is 0 Å². The first kappa shape index (κ1) is 17.5. The third kappa shape index (κ3) is 14.1. The predicted octanol–water partition coefficient (Wildman–Crippen LogP) is 0.795. The summed E-state index contributed by atoms with van der Waals surface area (Å²) in [5, 5.41) is 16.8. The summed E-state index contributed by atoms with van der Waals surface area (Å²) in [5.41, 5.74) is 4.94. The van der Waals surface area contributed by atoms with Gasteiger partial charge in [0.2, 0.25) is 0 Å². The van der Waals surface area contributed by atoms with Gasteiger partial charge in [-0.2, -0.15) is 25.3 Å². The fourth-order valence-electron chi connectivity index (χ4n) is 0.705. The highest BCUT2D eigenvalue weighted by atomic mass is 32.1. The first-order valence-corrected chi connectivity index (χ1v) is 6.02. The Bertz CT molecular complexity index is 152. The molecule has 2 unspecified atom stereocenters. The number of aliphatic hydroxyl groups excluding tert-OH is 1. The summed E-state index contributed by atoms with van der Waals surface area (Å²) in [5.74, 6) is -0.815. The van der Waals surface area contributed by atoms with E-state index in [9.17, 15) is 4.79 Å². The zero-order valence-electron chi connectivity index (χ0n) is 8.96. The molecule has 0 aromatic heterocycles. The first-order valence-electron chi connectivity index (χ1n) is 4.87. The molecule has 0 heterocycles. The Kier molecular flexibility index (Phi) is 14.2. The van der Waals surface area contributed by atoms with Crippen molar-refractivity contribution in [1.29, 1.82) is 0 Å². The standard InChI is InChI=1S/C6H14OS.C3H7NO2S/c1-2-3-6(8)4-5-7;4-2(1-7)3(5)6/h6-8H,2-5H2,1H3;2,7H,1,4H2,(H,5,6). The molecule has 0 saturated carbocycles. The molecule has 0 aliphatic carbocycles. The minimum atomic E-state index is -1.00. The average molecular weight is 255 g/mol. The number of carboxylic acids is 1. The van der Waals surface area contributed by atoms with Crippen LogP contribution in [-0.4, -0.2) is 39.8 Å². The molecule has 6 heteroatoms. The Morgan fingerprint density at radius 2 is 2.00 bits per heavy atom. The van der Waals surface area contributed by atoms with Crippen LogP contribution in [0.15, 0.2) is 0 Å². The molecule has 4 nitrogen and oxygen atoms in total. The molecule has 0 bridgehead atoms. The van der Waals surface area contributed by atoms with E-state index in [-0.39, 0.29) is 12.4 Å². The van der Waals surface area contributed by atoms with Gasteiger partial charge in [-0.25, -0.2) is 0 Å². The predicted molar refractivity (Wildman–Crippen MR) is 68.8 cm³/mol. The molecule has 0 aliphatic heterocycles. The lowest BCUT2D eigenvalue weighted by Gasteiger charge is -2.04. The summed E-state index contributed by atoms with van der Waals surface area (Å²) < 4.78 is 0. The number of hydrogen-bond donors (Lipinski definition) is 5. The van der Waals surface area contributed by atoms with Crippen LogP contribution in [-0.2, 0) is 4.79 Å². The molecule has 0 rings (SSSR count). The summed E-state index contributed by atoms with van der Waals surface area (Å²) in [7, 11) is 0. The largest absolute Gasteiger partial charge is 0.480 e. The second kappa shape index (κ2) is 12.2. The molecule has 0 radical (unpaired) electrons. The van der Waals surface area contributed by atoms with E-state index < -0.39 is 12.0 Å². The maximum Gasteiger partial charge on any atom is 0.321 e. The van der Waals surface area contributed by atoms with Crippen molar-refractivity contribution in [3.05, 3.63) is 0 Å². The maximum atomic E-state index is 9.76. The SMILES string of the molecule is CCCC(S)CCO.NC(CS)C(=O)O. The summed E-state index contributed by atoms with van der Waals surface area (Å²) in [6.07, 6.45) is 3.11. The lowest BCUT2D eigenvalue weighted by atomic mass is 10.2. The smallest absolute Gasteiger partial charge is 0.321 e. The van der Waals surface area contributed by atoms with Gasteiger partial charge >= 0.3 is 5.97 Å². The van der Waals surface area contributed by atoms with Crippen LogP contribution >= 0.6 is 25.3 Å². The number of rotatable bonds is 6. The van der Waals surface area contributed by atoms with Gasteiger partial charge in [0.05, 0.1) is 0 Å². The number of thiol groups is 2. The molecule has 0 aliphatic rings. The topological polar surface area (TPSA) is 83.5 Å². The number of aliphatic carboxylic acids is 1. The maximum absolute atomic E-state index is 9.76. The lowest BCUT2D eigenvalue weighted by Crippen LogP contribution is -2.31. The van der Waals surface area contributed by atoms with Gasteiger partial charge in [-0.1, -0.05) is 13.3 Å². The molecule has 4 N–H and O–H groups in total. The van der Waals surface area contributed by atoms with E-state index in [1.807, 2.05) is 0 Å². The van der Waals surface area contributed by atoms with E-state index >= 15 is 0 Å². The first-order chi connectivity index (χ1) is 6.99. The van der Waals surface area contributed by atoms with Crippen LogP contribution < -0.4 is 5.73 Å². The van der Waals surface area contributed by atoms with Crippen molar-refractivity contribution in [2.45, 2.75) is 37.5 Å². The number of hydrogen-bond acceptors (Lipinski definition) is 5. The normalized spacial score (nSPS) is 13.7. The van der Waals surface area contributed by atoms with Gasteiger partial charge in [-0.3, -0.25) is 4.79 Å². The fraction of sp³-hybridized carbons (Fsp3) is 0.889. The van der Waals surface area contributed by atoms with Crippen LogP contribution in [0.2, 0.25) is 0 Å². The zero-order valence-corrected chi connectivity index (χ0v) is 10.8. The third-order valence-electron chi connectivity index (χ3n) is 1.60. The van der Waals surface area contributed by atoms with Crippen LogP contribution in [0.3, 0.4) is 0 Å². The second-order valence-electron chi connectivity index (χ2n) is 3.08. The Labute approximate surface area is 102 Å². The van der Waals surface area contributed by atoms with Crippen LogP contribution in [0, 0.1) is 0 Å². The van der Waals surface area contributed by atoms with Gasteiger partial charge in [0, 0.05) is 17.6 Å². The molecule has 0 saturated heterocycles. The monoisotopic (exact) mass is 255 g/mol. The molecule has 0 aromatic carbocycles. The van der Waals surface area contributed by atoms with E-state index in [2.05, 4.69) is 32.2 Å². The average Bonchev–Trinajstić information content (AvgIpc) is 2.18. The van der Waals surface area contributed by atoms with Gasteiger partial charge in [-0.05, 0) is 12.8 Å². The molecular formula is C9H21NO3S2. The highest BCUT2D eigenvalue weighted by Crippen LogP contribution is 2.07. The van der Waals surface area contributed by atoms with Crippen molar-refractivity contribution >= 4 is 31.2 Å². The molecule has 0 fully saturated rings. The Balaban J connectivity index is 0. The van der Waals surface area contributed by atoms with Crippen molar-refractivity contribution in [2.75, 3.05) is 12.4 Å². The van der Waals surface area contributed by atoms with Gasteiger partial charge in [0.15, 0.2) is 0 Å². The van der Waals surface area contributed by atoms with Gasteiger partial charge < -0.3 is 15.9 Å². The zero-order chi connectivity index (χ0) is 12.3. The van der Waals surface area contributed by atoms with E-state index in [1.165, 1.54) is 0 Å². The van der Waals surface area contributed by atoms with Gasteiger partial charge in [0.1, 0.15) is 6.04 Å². The fourth-order valence-corrected chi connectivity index (χ4v) is 1.23. The molecule has 92 valence electrons. The van der Waals surface area contributed by atoms with Gasteiger partial charge in [0.25, 0.3) is 0 Å². The minimum absolute atomic E-state index is 0.190. The quantitative estimate of drug-likeness (QED) is 0.455. The van der Waals surface area contributed by atoms with E-state index in [1.54, 1.807) is 0 Å². The van der Waals surface area contributed by atoms with Crippen molar-refractivity contribution in [3.63, 3.8) is 0 Å². The van der Waals surface area contributed by atoms with Crippen LogP contribution in [0.25, 0.3) is 0 Å². The molecule has 0 amide bonds. The van der Waals surface area contributed by atoms with Crippen molar-refractivity contribution in [2.24, 2.45) is 5.73 Å². The highest BCUT2D eigenvalue weighted by Gasteiger charge is 2.06. The number of carboxylic acid groups (broad SMARTS) is 1. The lowest BCUT2D eigenvalue weighted by molar-refractivity contribution is -0.137. The highest BCUT2D eigenvalue weighted by molar-refractivity contribution is 7.81. The summed E-state index contributed by atoms with van der Waals surface area (Å²) >= 11 is 7.88. The molecular weight excluding hydrogens is 234 g/mol. The van der Waals surface area contributed by atoms with Gasteiger partial charge in [-0.15, -0.1) is 0 Å². The molecule has 2 atom stereocenters. The Hall–Kier alpha value is 0.0900. The van der Waals surface area contributed by atoms with Crippen LogP contribution in [0.4, 0.5) is 0 Å². The minimum Gasteiger partial charge on any atom is -0.480 e. The van der Waals surface area contributed by atoms with Crippen molar-refractivity contribution in [3.8, 4) is 0 Å². The summed E-state index contributed by atoms with van der Waals surface area (Å²) in [4.78, 5) is 9.76. The number of aliphatic hydroxyl groups is 1. The van der Waals surface area contributed by atoms with E-state index in [4.69, 9.17) is 15.9 Å². The number of nitrogens with two attached hydrogens (primary N) is 1. The summed E-state index contributed by atoms with van der Waals surface area (Å²) in [6, 6.07) is -0.816. The van der Waals surface area contributed by atoms with Crippen LogP contribution in [0.1, 0.15) is 26.2 Å². The molecule has 15 heavy (non-hydrogen) atoms. The van der Waals surface area contributed by atoms with E-state index in [0.29, 0.717) is 5.25 Å². The van der Waals surface area contributed by atoms with Crippen molar-refractivity contribution < 1.29 is 15.0 Å².